The fourth-order valence-corrected chi connectivity index (χ4v) is 2.59. The number of aliphatic carboxylic acids is 1. The SMILES string of the molecule is CC(Cl)S(=O)(=O)CCC(Nc1ccccc1)C(=O)O. The van der Waals surface area contributed by atoms with E-state index in [1.807, 2.05) is 0 Å². The molecule has 1 aromatic carbocycles. The zero-order valence-electron chi connectivity index (χ0n) is 10.4. The average Bonchev–Trinajstić information content (AvgIpc) is 2.35. The molecule has 0 radical (unpaired) electrons. The van der Waals surface area contributed by atoms with Crippen molar-refractivity contribution in [2.24, 2.45) is 0 Å². The summed E-state index contributed by atoms with van der Waals surface area (Å²) in [5, 5.41) is 11.9. The summed E-state index contributed by atoms with van der Waals surface area (Å²) < 4.78 is 22.1. The minimum absolute atomic E-state index is 0.0381. The molecule has 7 heteroatoms. The number of alkyl halides is 1. The largest absolute Gasteiger partial charge is 0.480 e. The molecule has 19 heavy (non-hydrogen) atoms. The summed E-state index contributed by atoms with van der Waals surface area (Å²) in [7, 11) is -3.46. The third kappa shape index (κ3) is 5.08. The second-order valence-electron chi connectivity index (χ2n) is 4.10. The van der Waals surface area contributed by atoms with E-state index >= 15 is 0 Å². The highest BCUT2D eigenvalue weighted by Crippen LogP contribution is 2.13. The number of nitrogens with one attached hydrogen (secondary N) is 1. The van der Waals surface area contributed by atoms with Crippen molar-refractivity contribution < 1.29 is 18.3 Å². The zero-order valence-corrected chi connectivity index (χ0v) is 12.0. The third-order valence-electron chi connectivity index (χ3n) is 2.60. The third-order valence-corrected chi connectivity index (χ3v) is 5.21. The van der Waals surface area contributed by atoms with E-state index in [1.165, 1.54) is 6.92 Å². The molecule has 0 spiro atoms. The lowest BCUT2D eigenvalue weighted by molar-refractivity contribution is -0.137. The predicted molar refractivity (Wildman–Crippen MR) is 75.2 cm³/mol. The number of benzene rings is 1. The number of halogens is 1. The minimum atomic E-state index is -3.46. The molecule has 5 nitrogen and oxygen atoms in total. The van der Waals surface area contributed by atoms with E-state index in [0.717, 1.165) is 0 Å². The van der Waals surface area contributed by atoms with Crippen molar-refractivity contribution in [1.29, 1.82) is 0 Å². The molecule has 0 aliphatic heterocycles. The van der Waals surface area contributed by atoms with Crippen LogP contribution in [-0.4, -0.2) is 36.0 Å². The molecule has 0 aromatic heterocycles. The van der Waals surface area contributed by atoms with E-state index in [2.05, 4.69) is 5.32 Å². The summed E-state index contributed by atoms with van der Waals surface area (Å²) in [6, 6.07) is 7.80. The zero-order chi connectivity index (χ0) is 14.5. The number of carbonyl (C=O) groups is 1. The van der Waals surface area contributed by atoms with Crippen LogP contribution in [0.25, 0.3) is 0 Å². The van der Waals surface area contributed by atoms with Crippen LogP contribution >= 0.6 is 11.6 Å². The van der Waals surface area contributed by atoms with Gasteiger partial charge in [-0.3, -0.25) is 0 Å². The van der Waals surface area contributed by atoms with Crippen molar-refractivity contribution in [3.63, 3.8) is 0 Å². The molecule has 106 valence electrons. The van der Waals surface area contributed by atoms with Crippen molar-refractivity contribution in [2.75, 3.05) is 11.1 Å². The normalized spacial score (nSPS) is 14.6. The summed E-state index contributed by atoms with van der Waals surface area (Å²) in [6.07, 6.45) is -0.0381. The van der Waals surface area contributed by atoms with Crippen LogP contribution in [0.3, 0.4) is 0 Å². The van der Waals surface area contributed by atoms with Crippen molar-refractivity contribution in [3.8, 4) is 0 Å². The van der Waals surface area contributed by atoms with Crippen LogP contribution in [0.15, 0.2) is 30.3 Å². The molecule has 0 bridgehead atoms. The highest BCUT2D eigenvalue weighted by Gasteiger charge is 2.24. The smallest absolute Gasteiger partial charge is 0.326 e. The topological polar surface area (TPSA) is 83.5 Å². The van der Waals surface area contributed by atoms with E-state index in [4.69, 9.17) is 16.7 Å². The molecular formula is C12H16ClNO4S. The first-order valence-electron chi connectivity index (χ1n) is 5.73. The molecule has 2 atom stereocenters. The Labute approximate surface area is 117 Å². The second kappa shape index (κ2) is 6.77. The van der Waals surface area contributed by atoms with Crippen LogP contribution in [0, 0.1) is 0 Å². The first-order valence-corrected chi connectivity index (χ1v) is 7.88. The van der Waals surface area contributed by atoms with Crippen LogP contribution < -0.4 is 5.32 Å². The fraction of sp³-hybridized carbons (Fsp3) is 0.417. The van der Waals surface area contributed by atoms with Gasteiger partial charge in [-0.2, -0.15) is 0 Å². The van der Waals surface area contributed by atoms with Crippen LogP contribution in [-0.2, 0) is 14.6 Å². The average molecular weight is 306 g/mol. The van der Waals surface area contributed by atoms with Gasteiger partial charge in [0.1, 0.15) is 10.8 Å². The van der Waals surface area contributed by atoms with Gasteiger partial charge < -0.3 is 10.4 Å². The molecule has 0 saturated carbocycles. The molecule has 0 amide bonds. The molecule has 0 aliphatic carbocycles. The van der Waals surface area contributed by atoms with Crippen LogP contribution in [0.5, 0.6) is 0 Å². The first-order chi connectivity index (χ1) is 8.83. The van der Waals surface area contributed by atoms with Crippen molar-refractivity contribution in [3.05, 3.63) is 30.3 Å². The van der Waals surface area contributed by atoms with Crippen LogP contribution in [0.4, 0.5) is 5.69 Å². The van der Waals surface area contributed by atoms with E-state index in [-0.39, 0.29) is 12.2 Å². The highest BCUT2D eigenvalue weighted by molar-refractivity contribution is 7.93. The monoisotopic (exact) mass is 305 g/mol. The van der Waals surface area contributed by atoms with Gasteiger partial charge in [0.15, 0.2) is 9.84 Å². The quantitative estimate of drug-likeness (QED) is 0.752. The van der Waals surface area contributed by atoms with E-state index in [1.54, 1.807) is 30.3 Å². The number of rotatable bonds is 7. The number of carboxylic acids is 1. The summed E-state index contributed by atoms with van der Waals surface area (Å²) in [5.74, 6) is -1.37. The highest BCUT2D eigenvalue weighted by atomic mass is 35.5. The van der Waals surface area contributed by atoms with E-state index in [0.29, 0.717) is 5.69 Å². The maximum absolute atomic E-state index is 11.6. The van der Waals surface area contributed by atoms with Gasteiger partial charge in [-0.1, -0.05) is 18.2 Å². The van der Waals surface area contributed by atoms with Crippen LogP contribution in [0.1, 0.15) is 13.3 Å². The number of carboxylic acid groups (broad SMARTS) is 1. The second-order valence-corrected chi connectivity index (χ2v) is 7.45. The lowest BCUT2D eigenvalue weighted by Gasteiger charge is -2.16. The van der Waals surface area contributed by atoms with E-state index in [9.17, 15) is 13.2 Å². The van der Waals surface area contributed by atoms with Crippen molar-refractivity contribution >= 4 is 33.1 Å². The number of hydrogen-bond donors (Lipinski definition) is 2. The Hall–Kier alpha value is -1.27. The maximum atomic E-state index is 11.6. The Morgan fingerprint density at radius 2 is 1.95 bits per heavy atom. The molecule has 1 aromatic rings. The number of hydrogen-bond acceptors (Lipinski definition) is 4. The molecule has 1 rings (SSSR count). The van der Waals surface area contributed by atoms with Gasteiger partial charge in [0.25, 0.3) is 0 Å². The lowest BCUT2D eigenvalue weighted by atomic mass is 10.2. The summed E-state index contributed by atoms with van der Waals surface area (Å²) in [5.41, 5.74) is 0.631. The van der Waals surface area contributed by atoms with Gasteiger partial charge in [-0.25, -0.2) is 13.2 Å². The summed E-state index contributed by atoms with van der Waals surface area (Å²) in [4.78, 5) is 11.1. The Bertz CT molecular complexity index is 516. The minimum Gasteiger partial charge on any atom is -0.480 e. The molecule has 0 saturated heterocycles. The van der Waals surface area contributed by atoms with Gasteiger partial charge >= 0.3 is 5.97 Å². The van der Waals surface area contributed by atoms with Gasteiger partial charge in [0.05, 0.1) is 5.75 Å². The molecule has 0 aliphatic rings. The number of sulfone groups is 1. The Kier molecular flexibility index (Phi) is 5.62. The molecule has 0 fully saturated rings. The first kappa shape index (κ1) is 15.8. The van der Waals surface area contributed by atoms with E-state index < -0.39 is 26.6 Å². The van der Waals surface area contributed by atoms with Crippen molar-refractivity contribution in [2.45, 2.75) is 24.1 Å². The Balaban J connectivity index is 2.68. The molecule has 2 unspecified atom stereocenters. The molecule has 0 heterocycles. The van der Waals surface area contributed by atoms with Gasteiger partial charge in [0, 0.05) is 5.69 Å². The van der Waals surface area contributed by atoms with Gasteiger partial charge in [0.2, 0.25) is 0 Å². The maximum Gasteiger partial charge on any atom is 0.326 e. The summed E-state index contributed by atoms with van der Waals surface area (Å²) >= 11 is 5.54. The number of para-hydroxylation sites is 1. The fourth-order valence-electron chi connectivity index (χ4n) is 1.44. The molecular weight excluding hydrogens is 290 g/mol. The van der Waals surface area contributed by atoms with Crippen molar-refractivity contribution in [1.82, 2.24) is 0 Å². The van der Waals surface area contributed by atoms with Crippen LogP contribution in [0.2, 0.25) is 0 Å². The standard InChI is InChI=1S/C12H16ClNO4S/c1-9(13)19(17,18)8-7-11(12(15)16)14-10-5-3-2-4-6-10/h2-6,9,11,14H,7-8H2,1H3,(H,15,16). The number of anilines is 1. The summed E-state index contributed by atoms with van der Waals surface area (Å²) in [6.45, 7) is 1.36. The Morgan fingerprint density at radius 3 is 2.42 bits per heavy atom. The predicted octanol–water partition coefficient (Wildman–Crippen LogP) is 1.94. The van der Waals surface area contributed by atoms with Gasteiger partial charge in [-0.15, -0.1) is 11.6 Å². The van der Waals surface area contributed by atoms with Gasteiger partial charge in [-0.05, 0) is 25.5 Å². The Morgan fingerprint density at radius 1 is 1.37 bits per heavy atom. The molecule has 2 N–H and O–H groups in total. The lowest BCUT2D eigenvalue weighted by Crippen LogP contribution is -2.32.